The molecule has 0 radical (unpaired) electrons. The van der Waals surface area contributed by atoms with Gasteiger partial charge in [0.1, 0.15) is 0 Å². The third-order valence-electron chi connectivity index (χ3n) is 3.39. The van der Waals surface area contributed by atoms with Gasteiger partial charge >= 0.3 is 0 Å². The molecule has 0 amide bonds. The van der Waals surface area contributed by atoms with Crippen LogP contribution in [0.15, 0.2) is 24.3 Å². The van der Waals surface area contributed by atoms with Gasteiger partial charge in [0, 0.05) is 18.8 Å². The van der Waals surface area contributed by atoms with Crippen LogP contribution in [0.1, 0.15) is 18.9 Å². The zero-order chi connectivity index (χ0) is 11.5. The van der Waals surface area contributed by atoms with Crippen LogP contribution in [0.3, 0.4) is 0 Å². The molecule has 1 saturated heterocycles. The van der Waals surface area contributed by atoms with Crippen molar-refractivity contribution in [1.29, 1.82) is 0 Å². The largest absolute Gasteiger partial charge is 0.399 e. The maximum atomic E-state index is 9.81. The summed E-state index contributed by atoms with van der Waals surface area (Å²) in [5, 5.41) is 9.81. The van der Waals surface area contributed by atoms with Crippen LogP contribution in [-0.2, 0) is 6.54 Å². The van der Waals surface area contributed by atoms with E-state index in [-0.39, 0.29) is 6.10 Å². The Labute approximate surface area is 96.9 Å². The van der Waals surface area contributed by atoms with Gasteiger partial charge in [-0.15, -0.1) is 0 Å². The Bertz CT molecular complexity index is 336. The van der Waals surface area contributed by atoms with Gasteiger partial charge in [0.15, 0.2) is 0 Å². The second-order valence-corrected chi connectivity index (χ2v) is 4.81. The van der Waals surface area contributed by atoms with Crippen molar-refractivity contribution in [3.63, 3.8) is 0 Å². The molecule has 3 N–H and O–H groups in total. The standard InChI is InChI=1S/C13H20N2O/c1-10-6-7-15(9-13(10)16)8-11-2-4-12(14)5-3-11/h2-5,10,13,16H,6-9,14H2,1H3. The zero-order valence-electron chi connectivity index (χ0n) is 9.76. The van der Waals surface area contributed by atoms with E-state index in [0.29, 0.717) is 5.92 Å². The van der Waals surface area contributed by atoms with Crippen molar-refractivity contribution in [1.82, 2.24) is 4.90 Å². The summed E-state index contributed by atoms with van der Waals surface area (Å²) in [5.41, 5.74) is 7.71. The monoisotopic (exact) mass is 220 g/mol. The first-order valence-corrected chi connectivity index (χ1v) is 5.90. The number of rotatable bonds is 2. The lowest BCUT2D eigenvalue weighted by Gasteiger charge is -2.34. The van der Waals surface area contributed by atoms with Gasteiger partial charge in [0.2, 0.25) is 0 Å². The summed E-state index contributed by atoms with van der Waals surface area (Å²) in [6, 6.07) is 7.97. The number of aliphatic hydroxyl groups excluding tert-OH is 1. The Morgan fingerprint density at radius 2 is 2.06 bits per heavy atom. The maximum absolute atomic E-state index is 9.81. The molecule has 16 heavy (non-hydrogen) atoms. The van der Waals surface area contributed by atoms with Crippen LogP contribution in [0.2, 0.25) is 0 Å². The van der Waals surface area contributed by atoms with Crippen molar-refractivity contribution in [2.45, 2.75) is 26.0 Å². The molecule has 0 spiro atoms. The van der Waals surface area contributed by atoms with E-state index in [1.165, 1.54) is 5.56 Å². The molecular formula is C13H20N2O. The van der Waals surface area contributed by atoms with E-state index in [0.717, 1.165) is 31.7 Å². The Hall–Kier alpha value is -1.06. The third-order valence-corrected chi connectivity index (χ3v) is 3.39. The Morgan fingerprint density at radius 3 is 2.69 bits per heavy atom. The molecule has 1 aliphatic heterocycles. The minimum Gasteiger partial charge on any atom is -0.399 e. The Kier molecular flexibility index (Phi) is 3.46. The van der Waals surface area contributed by atoms with Gasteiger partial charge in [-0.3, -0.25) is 4.90 Å². The number of likely N-dealkylation sites (tertiary alicyclic amines) is 1. The first kappa shape index (κ1) is 11.4. The van der Waals surface area contributed by atoms with E-state index >= 15 is 0 Å². The van der Waals surface area contributed by atoms with Crippen LogP contribution < -0.4 is 5.73 Å². The van der Waals surface area contributed by atoms with Gasteiger partial charge in [-0.05, 0) is 36.6 Å². The van der Waals surface area contributed by atoms with Crippen LogP contribution in [0, 0.1) is 5.92 Å². The van der Waals surface area contributed by atoms with E-state index in [2.05, 4.69) is 24.0 Å². The lowest BCUT2D eigenvalue weighted by Crippen LogP contribution is -2.42. The van der Waals surface area contributed by atoms with Crippen LogP contribution in [0.4, 0.5) is 5.69 Å². The van der Waals surface area contributed by atoms with Crippen molar-refractivity contribution < 1.29 is 5.11 Å². The molecule has 3 heteroatoms. The number of hydrogen-bond acceptors (Lipinski definition) is 3. The molecule has 88 valence electrons. The molecule has 0 aromatic heterocycles. The first-order valence-electron chi connectivity index (χ1n) is 5.90. The number of piperidine rings is 1. The van der Waals surface area contributed by atoms with Gasteiger partial charge in [-0.1, -0.05) is 19.1 Å². The van der Waals surface area contributed by atoms with E-state index in [9.17, 15) is 5.11 Å². The van der Waals surface area contributed by atoms with Crippen molar-refractivity contribution in [3.05, 3.63) is 29.8 Å². The number of nitrogens with zero attached hydrogens (tertiary/aromatic N) is 1. The molecule has 0 bridgehead atoms. The molecule has 1 fully saturated rings. The summed E-state index contributed by atoms with van der Waals surface area (Å²) < 4.78 is 0. The summed E-state index contributed by atoms with van der Waals surface area (Å²) in [4.78, 5) is 2.30. The average molecular weight is 220 g/mol. The van der Waals surface area contributed by atoms with Crippen LogP contribution in [0.25, 0.3) is 0 Å². The number of nitrogen functional groups attached to an aromatic ring is 1. The molecule has 0 saturated carbocycles. The molecule has 1 aliphatic rings. The predicted molar refractivity (Wildman–Crippen MR) is 65.9 cm³/mol. The predicted octanol–water partition coefficient (Wildman–Crippen LogP) is 1.47. The molecule has 1 heterocycles. The van der Waals surface area contributed by atoms with Crippen LogP contribution in [-0.4, -0.2) is 29.2 Å². The summed E-state index contributed by atoms with van der Waals surface area (Å²) in [5.74, 6) is 0.433. The number of hydrogen-bond donors (Lipinski definition) is 2. The number of β-amino-alcohol motifs (C(OH)–C–C–N with tert-alkyl or cyclic N) is 1. The highest BCUT2D eigenvalue weighted by molar-refractivity contribution is 5.39. The second-order valence-electron chi connectivity index (χ2n) is 4.81. The lowest BCUT2D eigenvalue weighted by molar-refractivity contribution is 0.0259. The highest BCUT2D eigenvalue weighted by Gasteiger charge is 2.23. The lowest BCUT2D eigenvalue weighted by atomic mass is 9.96. The third kappa shape index (κ3) is 2.74. The average Bonchev–Trinajstić information content (AvgIpc) is 2.27. The smallest absolute Gasteiger partial charge is 0.0693 e. The fourth-order valence-corrected chi connectivity index (χ4v) is 2.14. The molecule has 1 aromatic rings. The fourth-order valence-electron chi connectivity index (χ4n) is 2.14. The highest BCUT2D eigenvalue weighted by Crippen LogP contribution is 2.19. The topological polar surface area (TPSA) is 49.5 Å². The van der Waals surface area contributed by atoms with Crippen molar-refractivity contribution in [2.75, 3.05) is 18.8 Å². The summed E-state index contributed by atoms with van der Waals surface area (Å²) >= 11 is 0. The minimum absolute atomic E-state index is 0.178. The van der Waals surface area contributed by atoms with Crippen LogP contribution in [0.5, 0.6) is 0 Å². The van der Waals surface area contributed by atoms with E-state index in [1.807, 2.05) is 12.1 Å². The molecule has 2 atom stereocenters. The quantitative estimate of drug-likeness (QED) is 0.742. The van der Waals surface area contributed by atoms with Gasteiger partial charge in [-0.2, -0.15) is 0 Å². The number of nitrogens with two attached hydrogens (primary N) is 1. The van der Waals surface area contributed by atoms with E-state index < -0.39 is 0 Å². The second kappa shape index (κ2) is 4.85. The van der Waals surface area contributed by atoms with Crippen molar-refractivity contribution >= 4 is 5.69 Å². The van der Waals surface area contributed by atoms with E-state index in [1.54, 1.807) is 0 Å². The minimum atomic E-state index is -0.178. The Morgan fingerprint density at radius 1 is 1.38 bits per heavy atom. The maximum Gasteiger partial charge on any atom is 0.0693 e. The van der Waals surface area contributed by atoms with Gasteiger partial charge in [0.05, 0.1) is 6.10 Å². The van der Waals surface area contributed by atoms with Gasteiger partial charge < -0.3 is 10.8 Å². The SMILES string of the molecule is CC1CCN(Cc2ccc(N)cc2)CC1O. The number of benzene rings is 1. The summed E-state index contributed by atoms with van der Waals surface area (Å²) in [6.07, 6.45) is 0.901. The first-order chi connectivity index (χ1) is 7.65. The van der Waals surface area contributed by atoms with Crippen LogP contribution >= 0.6 is 0 Å². The highest BCUT2D eigenvalue weighted by atomic mass is 16.3. The zero-order valence-corrected chi connectivity index (χ0v) is 9.76. The van der Waals surface area contributed by atoms with Crippen molar-refractivity contribution in [3.8, 4) is 0 Å². The summed E-state index contributed by atoms with van der Waals surface area (Å²) in [7, 11) is 0. The molecular weight excluding hydrogens is 200 g/mol. The van der Waals surface area contributed by atoms with Gasteiger partial charge in [-0.25, -0.2) is 0 Å². The van der Waals surface area contributed by atoms with E-state index in [4.69, 9.17) is 5.73 Å². The molecule has 0 aliphatic carbocycles. The normalized spacial score (nSPS) is 26.9. The number of aliphatic hydroxyl groups is 1. The summed E-state index contributed by atoms with van der Waals surface area (Å²) in [6.45, 7) is 4.88. The van der Waals surface area contributed by atoms with Crippen molar-refractivity contribution in [2.24, 2.45) is 5.92 Å². The fraction of sp³-hybridized carbons (Fsp3) is 0.538. The molecule has 1 aromatic carbocycles. The molecule has 3 nitrogen and oxygen atoms in total. The Balaban J connectivity index is 1.93. The number of anilines is 1. The van der Waals surface area contributed by atoms with Gasteiger partial charge in [0.25, 0.3) is 0 Å². The molecule has 2 rings (SSSR count). The molecule has 2 unspecified atom stereocenters.